The summed E-state index contributed by atoms with van der Waals surface area (Å²) < 4.78 is 5.86. The average Bonchev–Trinajstić information content (AvgIpc) is 2.96. The molecule has 0 radical (unpaired) electrons. The van der Waals surface area contributed by atoms with Crippen LogP contribution < -0.4 is 15.4 Å². The van der Waals surface area contributed by atoms with Gasteiger partial charge in [0.25, 0.3) is 11.8 Å². The molecule has 1 saturated heterocycles. The van der Waals surface area contributed by atoms with E-state index in [0.29, 0.717) is 33.5 Å². The lowest BCUT2D eigenvalue weighted by molar-refractivity contribution is -0.138. The monoisotopic (exact) mass is 622 g/mol. The van der Waals surface area contributed by atoms with Crippen molar-refractivity contribution in [2.24, 2.45) is 0 Å². The van der Waals surface area contributed by atoms with Gasteiger partial charge in [0.2, 0.25) is 0 Å². The molecule has 0 aliphatic carbocycles. The zero-order chi connectivity index (χ0) is 29.5. The molecule has 41 heavy (non-hydrogen) atoms. The molecule has 1 aliphatic rings. The molecule has 0 spiro atoms. The summed E-state index contributed by atoms with van der Waals surface area (Å²) >= 11 is 3.38. The Kier molecular flexibility index (Phi) is 9.61. The lowest BCUT2D eigenvalue weighted by atomic mass is 10.0. The highest BCUT2D eigenvalue weighted by Crippen LogP contribution is 2.25. The lowest BCUT2D eigenvalue weighted by Crippen LogP contribution is -2.64. The van der Waals surface area contributed by atoms with Crippen molar-refractivity contribution in [3.05, 3.63) is 94.0 Å². The Labute approximate surface area is 246 Å². The van der Waals surface area contributed by atoms with Crippen molar-refractivity contribution in [1.82, 2.24) is 15.1 Å². The number of amides is 4. The summed E-state index contributed by atoms with van der Waals surface area (Å²) in [6.45, 7) is 2.30. The minimum Gasteiger partial charge on any atom is -0.497 e. The number of aliphatic carboxylic acids is 1. The van der Waals surface area contributed by atoms with E-state index in [1.807, 2.05) is 13.0 Å². The molecule has 0 saturated carbocycles. The third-order valence-electron chi connectivity index (χ3n) is 6.70. The van der Waals surface area contributed by atoms with Crippen molar-refractivity contribution in [1.29, 1.82) is 0 Å². The Morgan fingerprint density at radius 2 is 1.71 bits per heavy atom. The van der Waals surface area contributed by atoms with Gasteiger partial charge in [-0.05, 0) is 61.4 Å². The fraction of sp³-hybridized carbons (Fsp3) is 0.267. The molecular formula is C30H31BrN4O6. The van der Waals surface area contributed by atoms with Gasteiger partial charge in [-0.3, -0.25) is 19.3 Å². The third kappa shape index (κ3) is 7.43. The maximum atomic E-state index is 14.0. The summed E-state index contributed by atoms with van der Waals surface area (Å²) in [4.78, 5) is 55.6. The number of hydrogen-bond acceptors (Lipinski definition) is 5. The van der Waals surface area contributed by atoms with Crippen molar-refractivity contribution in [3.63, 3.8) is 0 Å². The number of nitrogens with zero attached hydrogens (tertiary/aromatic N) is 2. The summed E-state index contributed by atoms with van der Waals surface area (Å²) in [5, 5.41) is 15.2. The van der Waals surface area contributed by atoms with Crippen molar-refractivity contribution in [3.8, 4) is 5.75 Å². The highest BCUT2D eigenvalue weighted by atomic mass is 79.9. The number of hydrogen-bond donors (Lipinski definition) is 3. The van der Waals surface area contributed by atoms with Gasteiger partial charge in [-0.25, -0.2) is 4.79 Å². The summed E-state index contributed by atoms with van der Waals surface area (Å²) in [7, 11) is 1.54. The van der Waals surface area contributed by atoms with Gasteiger partial charge in [-0.2, -0.15) is 0 Å². The van der Waals surface area contributed by atoms with Gasteiger partial charge in [0.15, 0.2) is 6.17 Å². The molecule has 214 valence electrons. The first kappa shape index (κ1) is 29.6. The first-order chi connectivity index (χ1) is 19.7. The number of aryl methyl sites for hydroxylation is 1. The topological polar surface area (TPSA) is 128 Å². The number of carbonyl (C=O) groups excluding carboxylic acids is 3. The van der Waals surface area contributed by atoms with E-state index < -0.39 is 36.0 Å². The van der Waals surface area contributed by atoms with Crippen LogP contribution in [0.25, 0.3) is 0 Å². The first-order valence-corrected chi connectivity index (χ1v) is 13.8. The second kappa shape index (κ2) is 13.3. The number of carboxylic acids is 1. The average molecular weight is 624 g/mol. The summed E-state index contributed by atoms with van der Waals surface area (Å²) in [5.74, 6) is -1.58. The highest BCUT2D eigenvalue weighted by Gasteiger charge is 2.41. The molecule has 1 heterocycles. The molecule has 0 bridgehead atoms. The quantitative estimate of drug-likeness (QED) is 0.331. The molecular weight excluding hydrogens is 592 g/mol. The van der Waals surface area contributed by atoms with Gasteiger partial charge < -0.3 is 25.4 Å². The van der Waals surface area contributed by atoms with Crippen LogP contribution >= 0.6 is 15.9 Å². The predicted octanol–water partition coefficient (Wildman–Crippen LogP) is 4.80. The van der Waals surface area contributed by atoms with Crippen molar-refractivity contribution < 1.29 is 29.0 Å². The number of carboxylic acid groups (broad SMARTS) is 1. The van der Waals surface area contributed by atoms with Crippen LogP contribution in [0.2, 0.25) is 0 Å². The van der Waals surface area contributed by atoms with Gasteiger partial charge in [0.05, 0.1) is 19.6 Å². The number of halogens is 1. The Hall–Kier alpha value is -4.38. The van der Waals surface area contributed by atoms with E-state index in [9.17, 15) is 24.3 Å². The van der Waals surface area contributed by atoms with Gasteiger partial charge >= 0.3 is 12.0 Å². The SMILES string of the molecule is COc1ccc(NC(=O)N2CCCN(C(=O)c3cccc(Br)c3)C2C(=O)NC(CC(=O)O)c2cccc(C)c2)cc1. The maximum Gasteiger partial charge on any atom is 0.323 e. The maximum absolute atomic E-state index is 14.0. The number of methoxy groups -OCH3 is 1. The fourth-order valence-electron chi connectivity index (χ4n) is 4.75. The molecule has 4 amide bonds. The zero-order valence-electron chi connectivity index (χ0n) is 22.7. The molecule has 10 nitrogen and oxygen atoms in total. The number of benzene rings is 3. The normalized spacial score (nSPS) is 15.5. The van der Waals surface area contributed by atoms with E-state index in [-0.39, 0.29) is 19.5 Å². The molecule has 11 heteroatoms. The highest BCUT2D eigenvalue weighted by molar-refractivity contribution is 9.10. The van der Waals surface area contributed by atoms with Gasteiger partial charge in [-0.1, -0.05) is 51.8 Å². The van der Waals surface area contributed by atoms with E-state index in [2.05, 4.69) is 26.6 Å². The van der Waals surface area contributed by atoms with Crippen LogP contribution in [0.1, 0.15) is 40.4 Å². The summed E-state index contributed by atoms with van der Waals surface area (Å²) in [6.07, 6.45) is -1.26. The minimum atomic E-state index is -1.32. The number of anilines is 1. The van der Waals surface area contributed by atoms with Crippen LogP contribution in [0, 0.1) is 6.92 Å². The number of ether oxygens (including phenoxy) is 1. The molecule has 1 fully saturated rings. The van der Waals surface area contributed by atoms with Crippen LogP contribution in [0.4, 0.5) is 10.5 Å². The number of carbonyl (C=O) groups is 4. The molecule has 2 atom stereocenters. The van der Waals surface area contributed by atoms with Crippen molar-refractivity contribution in [2.75, 3.05) is 25.5 Å². The molecule has 1 aliphatic heterocycles. The van der Waals surface area contributed by atoms with E-state index >= 15 is 0 Å². The number of rotatable bonds is 8. The Bertz CT molecular complexity index is 1430. The minimum absolute atomic E-state index is 0.205. The van der Waals surface area contributed by atoms with Crippen LogP contribution in [-0.2, 0) is 9.59 Å². The van der Waals surface area contributed by atoms with Crippen LogP contribution in [0.3, 0.4) is 0 Å². The fourth-order valence-corrected chi connectivity index (χ4v) is 5.15. The van der Waals surface area contributed by atoms with Crippen LogP contribution in [0.15, 0.2) is 77.3 Å². The van der Waals surface area contributed by atoms with Crippen molar-refractivity contribution >= 4 is 45.4 Å². The number of nitrogens with one attached hydrogen (secondary N) is 2. The summed E-state index contributed by atoms with van der Waals surface area (Å²) in [5.41, 5.74) is 2.33. The molecule has 3 aromatic rings. The van der Waals surface area contributed by atoms with Gasteiger partial charge in [-0.15, -0.1) is 0 Å². The zero-order valence-corrected chi connectivity index (χ0v) is 24.3. The van der Waals surface area contributed by atoms with E-state index in [4.69, 9.17) is 4.74 Å². The molecule has 2 unspecified atom stereocenters. The Balaban J connectivity index is 1.67. The van der Waals surface area contributed by atoms with Crippen LogP contribution in [-0.4, -0.2) is 65.1 Å². The van der Waals surface area contributed by atoms with E-state index in [0.717, 1.165) is 5.56 Å². The third-order valence-corrected chi connectivity index (χ3v) is 7.19. The Morgan fingerprint density at radius 3 is 2.37 bits per heavy atom. The standard InChI is InChI=1S/C30H31BrN4O6/c1-19-6-3-7-20(16-19)25(18-26(36)37)33-27(38)28-34(29(39)21-8-4-9-22(31)17-21)14-5-15-35(28)30(40)32-23-10-12-24(41-2)13-11-23/h3-4,6-13,16-17,25,28H,5,14-15,18H2,1-2H3,(H,32,40)(H,33,38)(H,36,37). The number of urea groups is 1. The second-order valence-corrected chi connectivity index (χ2v) is 10.6. The second-order valence-electron chi connectivity index (χ2n) is 9.66. The van der Waals surface area contributed by atoms with Gasteiger partial charge in [0.1, 0.15) is 5.75 Å². The van der Waals surface area contributed by atoms with Crippen molar-refractivity contribution in [2.45, 2.75) is 32.0 Å². The lowest BCUT2D eigenvalue weighted by Gasteiger charge is -2.43. The van der Waals surface area contributed by atoms with Gasteiger partial charge in [0, 0.05) is 28.8 Å². The molecule has 3 N–H and O–H groups in total. The Morgan fingerprint density at radius 1 is 1.00 bits per heavy atom. The molecule has 3 aromatic carbocycles. The van der Waals surface area contributed by atoms with E-state index in [1.54, 1.807) is 66.7 Å². The molecule has 4 rings (SSSR count). The molecule has 0 aromatic heterocycles. The van der Waals surface area contributed by atoms with Crippen LogP contribution in [0.5, 0.6) is 5.75 Å². The largest absolute Gasteiger partial charge is 0.497 e. The predicted molar refractivity (Wildman–Crippen MR) is 157 cm³/mol. The smallest absolute Gasteiger partial charge is 0.323 e. The first-order valence-electron chi connectivity index (χ1n) is 13.0. The van der Waals surface area contributed by atoms with E-state index in [1.165, 1.54) is 16.9 Å². The summed E-state index contributed by atoms with van der Waals surface area (Å²) in [6, 6.07) is 19.2.